The van der Waals surface area contributed by atoms with Crippen LogP contribution >= 0.6 is 11.8 Å². The maximum absolute atomic E-state index is 11.1. The summed E-state index contributed by atoms with van der Waals surface area (Å²) in [5.74, 6) is 2.92. The molecule has 17 heavy (non-hydrogen) atoms. The van der Waals surface area contributed by atoms with Gasteiger partial charge in [-0.2, -0.15) is 5.26 Å². The van der Waals surface area contributed by atoms with Crippen LogP contribution in [-0.4, -0.2) is 18.3 Å². The van der Waals surface area contributed by atoms with E-state index in [0.717, 1.165) is 5.56 Å². The Morgan fingerprint density at radius 2 is 2.12 bits per heavy atom. The topological polar surface area (TPSA) is 50.1 Å². The molecule has 0 N–H and O–H groups in total. The zero-order valence-electron chi connectivity index (χ0n) is 9.18. The van der Waals surface area contributed by atoms with Gasteiger partial charge >= 0.3 is 5.97 Å². The summed E-state index contributed by atoms with van der Waals surface area (Å²) in [6.07, 6.45) is 4.96. The van der Waals surface area contributed by atoms with Crippen LogP contribution in [0.2, 0.25) is 0 Å². The molecular weight excluding hydrogens is 234 g/mol. The second kappa shape index (κ2) is 7.38. The molecule has 0 aromatic heterocycles. The average Bonchev–Trinajstić information content (AvgIpc) is 2.37. The Morgan fingerprint density at radius 1 is 1.41 bits per heavy atom. The van der Waals surface area contributed by atoms with E-state index in [4.69, 9.17) is 16.4 Å². The summed E-state index contributed by atoms with van der Waals surface area (Å²) in [7, 11) is 0. The molecule has 3 nitrogen and oxygen atoms in total. The van der Waals surface area contributed by atoms with Crippen LogP contribution in [0.5, 0.6) is 0 Å². The molecule has 0 saturated carbocycles. The van der Waals surface area contributed by atoms with Gasteiger partial charge in [0, 0.05) is 5.75 Å². The van der Waals surface area contributed by atoms with Crippen LogP contribution in [0.15, 0.2) is 24.3 Å². The van der Waals surface area contributed by atoms with E-state index in [1.54, 1.807) is 12.1 Å². The molecule has 0 spiro atoms. The fraction of sp³-hybridized carbons (Fsp3) is 0.231. The van der Waals surface area contributed by atoms with Crippen LogP contribution in [0, 0.1) is 23.7 Å². The van der Waals surface area contributed by atoms with E-state index >= 15 is 0 Å². The van der Waals surface area contributed by atoms with Crippen LogP contribution in [0.1, 0.15) is 11.1 Å². The van der Waals surface area contributed by atoms with Gasteiger partial charge < -0.3 is 4.74 Å². The highest BCUT2D eigenvalue weighted by molar-refractivity contribution is 7.99. The summed E-state index contributed by atoms with van der Waals surface area (Å²) in [6.45, 7) is 0.0241. The summed E-state index contributed by atoms with van der Waals surface area (Å²) in [5.41, 5.74) is 1.70. The van der Waals surface area contributed by atoms with Crippen molar-refractivity contribution >= 4 is 17.7 Å². The number of ether oxygens (including phenoxy) is 1. The SMILES string of the molecule is C#CCOC(=O)CSCc1ccc(C#N)cc1. The van der Waals surface area contributed by atoms with Crippen LogP contribution in [0.3, 0.4) is 0 Å². The Bertz CT molecular complexity index is 454. The van der Waals surface area contributed by atoms with E-state index in [-0.39, 0.29) is 18.3 Å². The molecule has 1 aromatic rings. The molecule has 1 rings (SSSR count). The monoisotopic (exact) mass is 245 g/mol. The molecule has 0 fully saturated rings. The quantitative estimate of drug-likeness (QED) is 0.588. The van der Waals surface area contributed by atoms with Gasteiger partial charge in [0.1, 0.15) is 0 Å². The smallest absolute Gasteiger partial charge is 0.316 e. The molecule has 4 heteroatoms. The van der Waals surface area contributed by atoms with E-state index in [9.17, 15) is 4.79 Å². The largest absolute Gasteiger partial charge is 0.452 e. The van der Waals surface area contributed by atoms with Gasteiger partial charge in [0.2, 0.25) is 0 Å². The normalized spacial score (nSPS) is 9.06. The Morgan fingerprint density at radius 3 is 2.71 bits per heavy atom. The number of hydrogen-bond donors (Lipinski definition) is 0. The van der Waals surface area contributed by atoms with Gasteiger partial charge in [0.05, 0.1) is 17.4 Å². The molecule has 0 unspecified atom stereocenters. The number of terminal acetylenes is 1. The molecule has 0 heterocycles. The van der Waals surface area contributed by atoms with E-state index in [0.29, 0.717) is 11.3 Å². The first-order chi connectivity index (χ1) is 8.26. The number of nitrogens with zero attached hydrogens (tertiary/aromatic N) is 1. The van der Waals surface area contributed by atoms with Gasteiger partial charge in [-0.3, -0.25) is 4.79 Å². The van der Waals surface area contributed by atoms with Gasteiger partial charge in [-0.1, -0.05) is 18.1 Å². The number of carbonyl (C=O) groups is 1. The fourth-order valence-electron chi connectivity index (χ4n) is 1.09. The number of hydrogen-bond acceptors (Lipinski definition) is 4. The highest BCUT2D eigenvalue weighted by atomic mass is 32.2. The minimum Gasteiger partial charge on any atom is -0.452 e. The predicted octanol–water partition coefficient (Wildman–Crippen LogP) is 1.97. The molecular formula is C13H11NO2S. The average molecular weight is 245 g/mol. The third-order valence-corrected chi connectivity index (χ3v) is 2.87. The first kappa shape index (κ1) is 13.2. The van der Waals surface area contributed by atoms with Gasteiger partial charge in [0.15, 0.2) is 6.61 Å². The molecule has 0 amide bonds. The number of carbonyl (C=O) groups excluding carboxylic acids is 1. The lowest BCUT2D eigenvalue weighted by molar-refractivity contribution is -0.138. The zero-order chi connectivity index (χ0) is 12.5. The molecule has 86 valence electrons. The maximum Gasteiger partial charge on any atom is 0.316 e. The molecule has 0 aliphatic heterocycles. The van der Waals surface area contributed by atoms with Crippen LogP contribution in [-0.2, 0) is 15.3 Å². The third kappa shape index (κ3) is 5.10. The second-order valence-electron chi connectivity index (χ2n) is 3.17. The second-order valence-corrected chi connectivity index (χ2v) is 4.15. The highest BCUT2D eigenvalue weighted by Crippen LogP contribution is 2.13. The lowest BCUT2D eigenvalue weighted by atomic mass is 10.2. The van der Waals surface area contributed by atoms with Crippen molar-refractivity contribution in [2.75, 3.05) is 12.4 Å². The number of thioether (sulfide) groups is 1. The third-order valence-electron chi connectivity index (χ3n) is 1.89. The van der Waals surface area contributed by atoms with E-state index in [2.05, 4.69) is 12.0 Å². The Hall–Kier alpha value is -1.91. The molecule has 0 saturated heterocycles. The Kier molecular flexibility index (Phi) is 5.71. The summed E-state index contributed by atoms with van der Waals surface area (Å²) < 4.78 is 4.73. The fourth-order valence-corrected chi connectivity index (χ4v) is 1.87. The minimum atomic E-state index is -0.304. The lowest BCUT2D eigenvalue weighted by Gasteiger charge is -2.02. The van der Waals surface area contributed by atoms with Crippen LogP contribution in [0.25, 0.3) is 0 Å². The molecule has 0 aliphatic carbocycles. The molecule has 0 atom stereocenters. The Labute approximate surface area is 105 Å². The summed E-state index contributed by atoms with van der Waals surface area (Å²) >= 11 is 1.45. The van der Waals surface area contributed by atoms with Crippen molar-refractivity contribution in [1.29, 1.82) is 5.26 Å². The van der Waals surface area contributed by atoms with Crippen molar-refractivity contribution in [2.24, 2.45) is 0 Å². The van der Waals surface area contributed by atoms with Crippen molar-refractivity contribution < 1.29 is 9.53 Å². The number of esters is 1. The van der Waals surface area contributed by atoms with E-state index in [1.165, 1.54) is 11.8 Å². The van der Waals surface area contributed by atoms with E-state index in [1.807, 2.05) is 12.1 Å². The van der Waals surface area contributed by atoms with Gasteiger partial charge in [-0.25, -0.2) is 0 Å². The van der Waals surface area contributed by atoms with E-state index < -0.39 is 0 Å². The first-order valence-corrected chi connectivity index (χ1v) is 6.07. The summed E-state index contributed by atoms with van der Waals surface area (Å²) in [6, 6.07) is 9.31. The highest BCUT2D eigenvalue weighted by Gasteiger charge is 2.02. The predicted molar refractivity (Wildman–Crippen MR) is 67.1 cm³/mol. The van der Waals surface area contributed by atoms with Crippen molar-refractivity contribution in [2.45, 2.75) is 5.75 Å². The van der Waals surface area contributed by atoms with Gasteiger partial charge in [-0.15, -0.1) is 18.2 Å². The van der Waals surface area contributed by atoms with Crippen molar-refractivity contribution in [3.05, 3.63) is 35.4 Å². The lowest BCUT2D eigenvalue weighted by Crippen LogP contribution is -2.07. The van der Waals surface area contributed by atoms with Crippen LogP contribution < -0.4 is 0 Å². The molecule has 0 radical (unpaired) electrons. The van der Waals surface area contributed by atoms with Gasteiger partial charge in [0.25, 0.3) is 0 Å². The standard InChI is InChI=1S/C13H11NO2S/c1-2-7-16-13(15)10-17-9-12-5-3-11(8-14)4-6-12/h1,3-6H,7,9-10H2. The maximum atomic E-state index is 11.1. The van der Waals surface area contributed by atoms with Crippen LogP contribution in [0.4, 0.5) is 0 Å². The number of rotatable bonds is 5. The summed E-state index contributed by atoms with van der Waals surface area (Å²) in [4.78, 5) is 11.1. The number of nitriles is 1. The first-order valence-electron chi connectivity index (χ1n) is 4.92. The summed E-state index contributed by atoms with van der Waals surface area (Å²) in [5, 5.41) is 8.63. The van der Waals surface area contributed by atoms with Crippen molar-refractivity contribution in [3.63, 3.8) is 0 Å². The zero-order valence-corrected chi connectivity index (χ0v) is 10.00. The molecule has 1 aromatic carbocycles. The molecule has 0 aliphatic rings. The van der Waals surface area contributed by atoms with Gasteiger partial charge in [-0.05, 0) is 17.7 Å². The minimum absolute atomic E-state index is 0.0241. The Balaban J connectivity index is 2.29. The number of benzene rings is 1. The van der Waals surface area contributed by atoms with Crippen molar-refractivity contribution in [1.82, 2.24) is 0 Å². The van der Waals surface area contributed by atoms with Crippen molar-refractivity contribution in [3.8, 4) is 18.4 Å². The molecule has 0 bridgehead atoms.